The van der Waals surface area contributed by atoms with Gasteiger partial charge in [-0.05, 0) is 24.3 Å². The molecule has 2 rings (SSSR count). The summed E-state index contributed by atoms with van der Waals surface area (Å²) in [5.74, 6) is -2.94. The summed E-state index contributed by atoms with van der Waals surface area (Å²) in [6.07, 6.45) is 0. The van der Waals surface area contributed by atoms with Crippen LogP contribution in [0.5, 0.6) is 5.75 Å². The number of esters is 1. The van der Waals surface area contributed by atoms with Crippen LogP contribution < -0.4 is 9.88 Å². The van der Waals surface area contributed by atoms with Crippen molar-refractivity contribution in [3.63, 3.8) is 0 Å². The zero-order chi connectivity index (χ0) is 16.3. The molecule has 0 amide bonds. The number of benzene rings is 2. The predicted octanol–water partition coefficient (Wildman–Crippen LogP) is 1.25. The Labute approximate surface area is 126 Å². The molecular formula is C14H11NO6S. The Hall–Kier alpha value is -2.71. The quantitative estimate of drug-likeness (QED) is 0.645. The highest BCUT2D eigenvalue weighted by molar-refractivity contribution is 7.89. The van der Waals surface area contributed by atoms with Crippen molar-refractivity contribution in [2.45, 2.75) is 4.90 Å². The van der Waals surface area contributed by atoms with E-state index in [4.69, 9.17) is 15.0 Å². The molecule has 2 aromatic carbocycles. The first-order valence-electron chi connectivity index (χ1n) is 5.97. The van der Waals surface area contributed by atoms with Gasteiger partial charge in [0, 0.05) is 0 Å². The van der Waals surface area contributed by atoms with Crippen LogP contribution >= 0.6 is 0 Å². The number of primary sulfonamides is 1. The summed E-state index contributed by atoms with van der Waals surface area (Å²) in [4.78, 5) is 22.6. The van der Waals surface area contributed by atoms with Crippen LogP contribution in [-0.4, -0.2) is 25.5 Å². The van der Waals surface area contributed by atoms with Crippen LogP contribution in [0.25, 0.3) is 0 Å². The molecule has 0 radical (unpaired) electrons. The molecule has 0 bridgehead atoms. The Morgan fingerprint density at radius 1 is 1.00 bits per heavy atom. The lowest BCUT2D eigenvalue weighted by Gasteiger charge is -2.11. The minimum atomic E-state index is -4.26. The lowest BCUT2D eigenvalue weighted by Crippen LogP contribution is -2.18. The van der Waals surface area contributed by atoms with E-state index in [1.54, 1.807) is 18.2 Å². The predicted molar refractivity (Wildman–Crippen MR) is 76.2 cm³/mol. The third kappa shape index (κ3) is 3.30. The van der Waals surface area contributed by atoms with Crippen molar-refractivity contribution in [2.75, 3.05) is 0 Å². The third-order valence-electron chi connectivity index (χ3n) is 2.72. The van der Waals surface area contributed by atoms with Crippen molar-refractivity contribution in [1.29, 1.82) is 0 Å². The van der Waals surface area contributed by atoms with Gasteiger partial charge in [-0.1, -0.05) is 24.3 Å². The summed E-state index contributed by atoms with van der Waals surface area (Å²) < 4.78 is 28.1. The number of sulfonamides is 1. The van der Waals surface area contributed by atoms with Gasteiger partial charge in [-0.15, -0.1) is 0 Å². The summed E-state index contributed by atoms with van der Waals surface area (Å²) in [5, 5.41) is 14.1. The molecule has 8 heteroatoms. The van der Waals surface area contributed by atoms with Gasteiger partial charge in [-0.2, -0.15) is 0 Å². The Kier molecular flexibility index (Phi) is 4.25. The van der Waals surface area contributed by atoms with Gasteiger partial charge in [-0.3, -0.25) is 0 Å². The van der Waals surface area contributed by atoms with E-state index < -0.39 is 38.2 Å². The first kappa shape index (κ1) is 15.7. The van der Waals surface area contributed by atoms with Crippen molar-refractivity contribution < 1.29 is 27.9 Å². The normalized spacial score (nSPS) is 11.0. The van der Waals surface area contributed by atoms with Crippen molar-refractivity contribution >= 4 is 22.0 Å². The number of carboxylic acid groups (broad SMARTS) is 1. The van der Waals surface area contributed by atoms with Gasteiger partial charge in [0.25, 0.3) is 0 Å². The highest BCUT2D eigenvalue weighted by Gasteiger charge is 2.24. The van der Waals surface area contributed by atoms with E-state index in [0.29, 0.717) is 0 Å². The average Bonchev–Trinajstić information content (AvgIpc) is 2.47. The molecule has 0 aromatic heterocycles. The largest absolute Gasteiger partial charge is 0.478 e. The second-order valence-corrected chi connectivity index (χ2v) is 5.77. The molecule has 0 spiro atoms. The van der Waals surface area contributed by atoms with Crippen LogP contribution in [0.2, 0.25) is 0 Å². The van der Waals surface area contributed by atoms with E-state index in [-0.39, 0.29) is 5.56 Å². The van der Waals surface area contributed by atoms with Crippen molar-refractivity contribution in [3.8, 4) is 5.75 Å². The fourth-order valence-corrected chi connectivity index (χ4v) is 2.42. The van der Waals surface area contributed by atoms with Gasteiger partial charge in [0.2, 0.25) is 10.0 Å². The Balaban J connectivity index is 2.54. The molecule has 2 aromatic rings. The van der Waals surface area contributed by atoms with Gasteiger partial charge in [0.15, 0.2) is 5.75 Å². The summed E-state index contributed by atoms with van der Waals surface area (Å²) >= 11 is 0. The van der Waals surface area contributed by atoms with E-state index in [1.165, 1.54) is 18.2 Å². The van der Waals surface area contributed by atoms with Crippen molar-refractivity contribution in [3.05, 3.63) is 59.7 Å². The Morgan fingerprint density at radius 3 is 2.18 bits per heavy atom. The molecule has 0 saturated carbocycles. The molecule has 7 nitrogen and oxygen atoms in total. The molecule has 114 valence electrons. The van der Waals surface area contributed by atoms with Gasteiger partial charge in [-0.25, -0.2) is 23.1 Å². The number of carbonyl (C=O) groups excluding carboxylic acids is 1. The number of nitrogens with two attached hydrogens (primary N) is 1. The van der Waals surface area contributed by atoms with E-state index in [9.17, 15) is 18.0 Å². The van der Waals surface area contributed by atoms with Crippen LogP contribution in [0.4, 0.5) is 0 Å². The van der Waals surface area contributed by atoms with Crippen molar-refractivity contribution in [2.24, 2.45) is 5.14 Å². The minimum Gasteiger partial charge on any atom is -0.478 e. The van der Waals surface area contributed by atoms with Crippen LogP contribution in [0, 0.1) is 0 Å². The molecule has 0 atom stereocenters. The van der Waals surface area contributed by atoms with Gasteiger partial charge in [0.05, 0.1) is 5.56 Å². The van der Waals surface area contributed by atoms with Crippen LogP contribution in [0.15, 0.2) is 53.4 Å². The maximum atomic E-state index is 12.0. The lowest BCUT2D eigenvalue weighted by molar-refractivity contribution is 0.0679. The number of rotatable bonds is 4. The van der Waals surface area contributed by atoms with E-state index >= 15 is 0 Å². The molecule has 0 heterocycles. The van der Waals surface area contributed by atoms with Gasteiger partial charge >= 0.3 is 11.9 Å². The van der Waals surface area contributed by atoms with Gasteiger partial charge in [0.1, 0.15) is 10.5 Å². The first-order chi connectivity index (χ1) is 10.3. The molecule has 3 N–H and O–H groups in total. The molecular weight excluding hydrogens is 310 g/mol. The average molecular weight is 321 g/mol. The smallest absolute Gasteiger partial charge is 0.343 e. The molecule has 0 fully saturated rings. The van der Waals surface area contributed by atoms with E-state index in [0.717, 1.165) is 12.1 Å². The van der Waals surface area contributed by atoms with E-state index in [1.807, 2.05) is 0 Å². The van der Waals surface area contributed by atoms with Gasteiger partial charge < -0.3 is 9.84 Å². The summed E-state index contributed by atoms with van der Waals surface area (Å²) in [7, 11) is -4.26. The number of aromatic carboxylic acids is 1. The van der Waals surface area contributed by atoms with Crippen LogP contribution in [0.3, 0.4) is 0 Å². The standard InChI is InChI=1S/C14H11NO6S/c15-22(19,20)11-8-4-7-10(13(16)17)12(11)21-14(18)9-5-2-1-3-6-9/h1-8H,(H,16,17)(H2,15,19,20). The number of hydrogen-bond acceptors (Lipinski definition) is 5. The van der Waals surface area contributed by atoms with Crippen LogP contribution in [-0.2, 0) is 10.0 Å². The van der Waals surface area contributed by atoms with Crippen LogP contribution in [0.1, 0.15) is 20.7 Å². The zero-order valence-electron chi connectivity index (χ0n) is 11.1. The number of ether oxygens (including phenoxy) is 1. The zero-order valence-corrected chi connectivity index (χ0v) is 11.9. The van der Waals surface area contributed by atoms with E-state index in [2.05, 4.69) is 0 Å². The summed E-state index contributed by atoms with van der Waals surface area (Å²) in [6, 6.07) is 11.1. The molecule has 0 aliphatic carbocycles. The fraction of sp³-hybridized carbons (Fsp3) is 0. The number of hydrogen-bond donors (Lipinski definition) is 2. The number of para-hydroxylation sites is 1. The molecule has 0 aliphatic rings. The molecule has 0 saturated heterocycles. The van der Waals surface area contributed by atoms with Crippen molar-refractivity contribution in [1.82, 2.24) is 0 Å². The lowest BCUT2D eigenvalue weighted by atomic mass is 10.2. The Morgan fingerprint density at radius 2 is 1.64 bits per heavy atom. The molecule has 0 aliphatic heterocycles. The highest BCUT2D eigenvalue weighted by atomic mass is 32.2. The molecule has 22 heavy (non-hydrogen) atoms. The number of carbonyl (C=O) groups is 2. The number of carboxylic acids is 1. The summed E-state index contributed by atoms with van der Waals surface area (Å²) in [6.45, 7) is 0. The third-order valence-corrected chi connectivity index (χ3v) is 3.65. The first-order valence-corrected chi connectivity index (χ1v) is 7.51. The second-order valence-electron chi connectivity index (χ2n) is 4.24. The summed E-state index contributed by atoms with van der Waals surface area (Å²) in [5.41, 5.74) is -0.334. The topological polar surface area (TPSA) is 124 Å². The molecule has 0 unspecified atom stereocenters. The highest BCUT2D eigenvalue weighted by Crippen LogP contribution is 2.28. The fourth-order valence-electron chi connectivity index (χ4n) is 1.74. The SMILES string of the molecule is NS(=O)(=O)c1cccc(C(=O)O)c1OC(=O)c1ccccc1. The monoisotopic (exact) mass is 321 g/mol. The maximum Gasteiger partial charge on any atom is 0.343 e. The maximum absolute atomic E-state index is 12.0. The Bertz CT molecular complexity index is 830. The second kappa shape index (κ2) is 5.96. The minimum absolute atomic E-state index is 0.142.